The van der Waals surface area contributed by atoms with Gasteiger partial charge in [0.1, 0.15) is 23.0 Å². The molecule has 38 heavy (non-hydrogen) atoms. The van der Waals surface area contributed by atoms with Gasteiger partial charge in [-0.2, -0.15) is 0 Å². The van der Waals surface area contributed by atoms with Gasteiger partial charge >= 0.3 is 0 Å². The van der Waals surface area contributed by atoms with Gasteiger partial charge in [-0.1, -0.05) is 84.9 Å². The molecule has 0 bridgehead atoms. The molecular formula is C34H30O4. The third-order valence-electron chi connectivity index (χ3n) is 6.72. The van der Waals surface area contributed by atoms with Crippen molar-refractivity contribution in [2.24, 2.45) is 0 Å². The number of rotatable bonds is 8. The summed E-state index contributed by atoms with van der Waals surface area (Å²) < 4.78 is 23.5. The van der Waals surface area contributed by atoms with E-state index in [1.165, 1.54) is 0 Å². The maximum atomic E-state index is 5.92. The largest absolute Gasteiger partial charge is 0.496 e. The standard InChI is InChI=1S/C34H30O4/c1-35-31-21-29(33(37-3)19-27(31)23-13-7-5-8-14-23)25-17-11-12-18-26(25)30-22-32(36-2)28(20-34(30)38-4)24-15-9-6-10-16-24/h5-22H,1-4H3. The number of methoxy groups -OCH3 is 4. The van der Waals surface area contributed by atoms with Gasteiger partial charge in [0.05, 0.1) is 28.4 Å². The second kappa shape index (κ2) is 11.1. The Morgan fingerprint density at radius 2 is 0.605 bits per heavy atom. The van der Waals surface area contributed by atoms with E-state index < -0.39 is 0 Å². The first-order chi connectivity index (χ1) is 18.7. The van der Waals surface area contributed by atoms with Crippen LogP contribution in [0.15, 0.2) is 109 Å². The van der Waals surface area contributed by atoms with E-state index in [9.17, 15) is 0 Å². The number of benzene rings is 5. The van der Waals surface area contributed by atoms with Crippen LogP contribution in [0.25, 0.3) is 44.5 Å². The Balaban J connectivity index is 1.71. The van der Waals surface area contributed by atoms with Gasteiger partial charge in [-0.15, -0.1) is 0 Å². The van der Waals surface area contributed by atoms with Crippen LogP contribution in [0.5, 0.6) is 23.0 Å². The molecule has 4 nitrogen and oxygen atoms in total. The summed E-state index contributed by atoms with van der Waals surface area (Å²) in [5.41, 5.74) is 7.90. The van der Waals surface area contributed by atoms with Gasteiger partial charge in [-0.3, -0.25) is 0 Å². The predicted octanol–water partition coefficient (Wildman–Crippen LogP) is 8.39. The van der Waals surface area contributed by atoms with Gasteiger partial charge < -0.3 is 18.9 Å². The molecular weight excluding hydrogens is 472 g/mol. The highest BCUT2D eigenvalue weighted by Crippen LogP contribution is 2.47. The van der Waals surface area contributed by atoms with Crippen molar-refractivity contribution in [3.05, 3.63) is 109 Å². The van der Waals surface area contributed by atoms with Crippen molar-refractivity contribution >= 4 is 0 Å². The minimum atomic E-state index is 0.754. The quantitative estimate of drug-likeness (QED) is 0.213. The molecule has 0 aliphatic heterocycles. The zero-order valence-electron chi connectivity index (χ0n) is 22.0. The first-order valence-electron chi connectivity index (χ1n) is 12.4. The first-order valence-corrected chi connectivity index (χ1v) is 12.4. The summed E-state index contributed by atoms with van der Waals surface area (Å²) in [4.78, 5) is 0. The molecule has 0 aromatic heterocycles. The van der Waals surface area contributed by atoms with E-state index in [0.29, 0.717) is 0 Å². The summed E-state index contributed by atoms with van der Waals surface area (Å²) in [6.07, 6.45) is 0. The molecule has 5 aromatic carbocycles. The molecule has 0 aliphatic carbocycles. The normalized spacial score (nSPS) is 10.6. The average molecular weight is 503 g/mol. The van der Waals surface area contributed by atoms with Crippen LogP contribution in [0.4, 0.5) is 0 Å². The summed E-state index contributed by atoms with van der Waals surface area (Å²) >= 11 is 0. The summed E-state index contributed by atoms with van der Waals surface area (Å²) in [5.74, 6) is 3.05. The fourth-order valence-electron chi connectivity index (χ4n) is 4.86. The summed E-state index contributed by atoms with van der Waals surface area (Å²) in [6.45, 7) is 0. The molecule has 0 saturated heterocycles. The fraction of sp³-hybridized carbons (Fsp3) is 0.118. The van der Waals surface area contributed by atoms with Crippen molar-refractivity contribution in [3.63, 3.8) is 0 Å². The minimum absolute atomic E-state index is 0.754. The van der Waals surface area contributed by atoms with Crippen LogP contribution in [-0.4, -0.2) is 28.4 Å². The third kappa shape index (κ3) is 4.69. The first kappa shape index (κ1) is 25.0. The Kier molecular flexibility index (Phi) is 7.32. The SMILES string of the molecule is COc1cc(-c2ccccc2-c2cc(OC)c(-c3ccccc3)cc2OC)c(OC)cc1-c1ccccc1. The van der Waals surface area contributed by atoms with Crippen molar-refractivity contribution in [1.29, 1.82) is 0 Å². The van der Waals surface area contributed by atoms with Crippen LogP contribution >= 0.6 is 0 Å². The fourth-order valence-corrected chi connectivity index (χ4v) is 4.86. The van der Waals surface area contributed by atoms with Crippen LogP contribution in [0.1, 0.15) is 0 Å². The molecule has 0 fully saturated rings. The van der Waals surface area contributed by atoms with Crippen LogP contribution in [-0.2, 0) is 0 Å². The zero-order valence-corrected chi connectivity index (χ0v) is 22.0. The van der Waals surface area contributed by atoms with E-state index in [1.807, 2.05) is 72.8 Å². The molecule has 0 atom stereocenters. The van der Waals surface area contributed by atoms with Gasteiger partial charge in [-0.05, 0) is 46.5 Å². The molecule has 5 rings (SSSR count). The Morgan fingerprint density at radius 1 is 0.316 bits per heavy atom. The highest BCUT2D eigenvalue weighted by atomic mass is 16.5. The molecule has 4 heteroatoms. The number of hydrogen-bond acceptors (Lipinski definition) is 4. The molecule has 190 valence electrons. The second-order valence-electron chi connectivity index (χ2n) is 8.78. The summed E-state index contributed by atoms with van der Waals surface area (Å²) in [5, 5.41) is 0. The smallest absolute Gasteiger partial charge is 0.127 e. The van der Waals surface area contributed by atoms with E-state index in [1.54, 1.807) is 28.4 Å². The van der Waals surface area contributed by atoms with Gasteiger partial charge in [0, 0.05) is 22.3 Å². The number of ether oxygens (including phenoxy) is 4. The molecule has 5 aromatic rings. The Labute approximate surface area is 224 Å². The summed E-state index contributed by atoms with van der Waals surface area (Å²) in [7, 11) is 6.78. The van der Waals surface area contributed by atoms with Crippen molar-refractivity contribution in [3.8, 4) is 67.5 Å². The van der Waals surface area contributed by atoms with Crippen LogP contribution < -0.4 is 18.9 Å². The molecule has 0 N–H and O–H groups in total. The van der Waals surface area contributed by atoms with Crippen LogP contribution in [0, 0.1) is 0 Å². The van der Waals surface area contributed by atoms with Crippen LogP contribution in [0.2, 0.25) is 0 Å². The zero-order chi connectivity index (χ0) is 26.5. The monoisotopic (exact) mass is 502 g/mol. The highest BCUT2D eigenvalue weighted by Gasteiger charge is 2.20. The van der Waals surface area contributed by atoms with E-state index in [0.717, 1.165) is 67.5 Å². The molecule has 0 amide bonds. The van der Waals surface area contributed by atoms with Crippen molar-refractivity contribution < 1.29 is 18.9 Å². The Morgan fingerprint density at radius 3 is 0.947 bits per heavy atom. The minimum Gasteiger partial charge on any atom is -0.496 e. The molecule has 0 heterocycles. The molecule has 0 saturated carbocycles. The molecule has 0 unspecified atom stereocenters. The second-order valence-corrected chi connectivity index (χ2v) is 8.78. The van der Waals surface area contributed by atoms with E-state index in [4.69, 9.17) is 18.9 Å². The number of hydrogen-bond donors (Lipinski definition) is 0. The lowest BCUT2D eigenvalue weighted by Gasteiger charge is -2.20. The Hall–Kier alpha value is -4.70. The summed E-state index contributed by atoms with van der Waals surface area (Å²) in [6, 6.07) is 36.7. The lowest BCUT2D eigenvalue weighted by atomic mass is 9.90. The van der Waals surface area contributed by atoms with E-state index >= 15 is 0 Å². The van der Waals surface area contributed by atoms with Gasteiger partial charge in [0.15, 0.2) is 0 Å². The van der Waals surface area contributed by atoms with Gasteiger partial charge in [0.25, 0.3) is 0 Å². The lowest BCUT2D eigenvalue weighted by Crippen LogP contribution is -1.97. The third-order valence-corrected chi connectivity index (χ3v) is 6.72. The molecule has 0 spiro atoms. The predicted molar refractivity (Wildman–Crippen MR) is 154 cm³/mol. The lowest BCUT2D eigenvalue weighted by molar-refractivity contribution is 0.405. The van der Waals surface area contributed by atoms with Crippen molar-refractivity contribution in [2.75, 3.05) is 28.4 Å². The van der Waals surface area contributed by atoms with Gasteiger partial charge in [-0.25, -0.2) is 0 Å². The van der Waals surface area contributed by atoms with Crippen molar-refractivity contribution in [2.45, 2.75) is 0 Å². The average Bonchev–Trinajstić information content (AvgIpc) is 3.00. The maximum Gasteiger partial charge on any atom is 0.127 e. The van der Waals surface area contributed by atoms with Crippen molar-refractivity contribution in [1.82, 2.24) is 0 Å². The van der Waals surface area contributed by atoms with E-state index in [2.05, 4.69) is 36.4 Å². The highest BCUT2D eigenvalue weighted by molar-refractivity contribution is 5.92. The van der Waals surface area contributed by atoms with Gasteiger partial charge in [0.2, 0.25) is 0 Å². The van der Waals surface area contributed by atoms with Crippen LogP contribution in [0.3, 0.4) is 0 Å². The Bertz CT molecular complexity index is 1420. The maximum absolute atomic E-state index is 5.92. The molecule has 0 radical (unpaired) electrons. The van der Waals surface area contributed by atoms with E-state index in [-0.39, 0.29) is 0 Å². The molecule has 0 aliphatic rings. The topological polar surface area (TPSA) is 36.9 Å².